The first kappa shape index (κ1) is 12.4. The maximum absolute atomic E-state index is 11.1. The number of para-hydroxylation sites is 1. The van der Waals surface area contributed by atoms with E-state index in [1.54, 1.807) is 25.1 Å². The summed E-state index contributed by atoms with van der Waals surface area (Å²) in [6.07, 6.45) is 1.33. The highest BCUT2D eigenvalue weighted by Gasteiger charge is 2.11. The lowest BCUT2D eigenvalue weighted by molar-refractivity contribution is 0.0697. The Morgan fingerprint density at radius 3 is 2.72 bits per heavy atom. The molecule has 1 heterocycles. The number of hydrogen-bond donors (Lipinski definition) is 2. The molecule has 0 saturated heterocycles. The van der Waals surface area contributed by atoms with Gasteiger partial charge in [-0.05, 0) is 25.1 Å². The van der Waals surface area contributed by atoms with Gasteiger partial charge in [0.05, 0.1) is 16.4 Å². The fourth-order valence-electron chi connectivity index (χ4n) is 1.54. The number of hydrogen-bond acceptors (Lipinski definition) is 3. The van der Waals surface area contributed by atoms with Gasteiger partial charge in [0, 0.05) is 11.9 Å². The molecule has 4 nitrogen and oxygen atoms in total. The molecule has 0 spiro atoms. The minimum Gasteiger partial charge on any atom is -0.478 e. The molecule has 1 aromatic heterocycles. The van der Waals surface area contributed by atoms with E-state index in [4.69, 9.17) is 16.7 Å². The zero-order valence-electron chi connectivity index (χ0n) is 9.64. The average molecular weight is 263 g/mol. The molecule has 0 bridgehead atoms. The number of aryl methyl sites for hydroxylation is 1. The van der Waals surface area contributed by atoms with Crippen LogP contribution in [0.25, 0.3) is 0 Å². The van der Waals surface area contributed by atoms with E-state index in [1.807, 2.05) is 12.1 Å². The van der Waals surface area contributed by atoms with Gasteiger partial charge in [-0.1, -0.05) is 23.7 Å². The average Bonchev–Trinajstić information content (AvgIpc) is 2.32. The summed E-state index contributed by atoms with van der Waals surface area (Å²) in [6, 6.07) is 8.82. The summed E-state index contributed by atoms with van der Waals surface area (Å²) in [6.45, 7) is 1.80. The Kier molecular flexibility index (Phi) is 3.48. The Balaban J connectivity index is 2.42. The van der Waals surface area contributed by atoms with E-state index in [1.165, 1.54) is 6.20 Å². The maximum atomic E-state index is 11.1. The van der Waals surface area contributed by atoms with Crippen molar-refractivity contribution in [1.29, 1.82) is 0 Å². The number of nitrogens with zero attached hydrogens (tertiary/aromatic N) is 1. The second-order valence-electron chi connectivity index (χ2n) is 3.78. The van der Waals surface area contributed by atoms with Crippen LogP contribution in [0.2, 0.25) is 5.02 Å². The molecule has 0 unspecified atom stereocenters. The predicted molar refractivity (Wildman–Crippen MR) is 70.7 cm³/mol. The second-order valence-corrected chi connectivity index (χ2v) is 4.19. The molecule has 2 N–H and O–H groups in total. The first-order valence-corrected chi connectivity index (χ1v) is 5.67. The molecule has 0 aliphatic rings. The van der Waals surface area contributed by atoms with E-state index < -0.39 is 5.97 Å². The Hall–Kier alpha value is -2.07. The molecule has 18 heavy (non-hydrogen) atoms. The fourth-order valence-corrected chi connectivity index (χ4v) is 1.72. The van der Waals surface area contributed by atoms with Gasteiger partial charge in [-0.3, -0.25) is 4.98 Å². The van der Waals surface area contributed by atoms with Crippen LogP contribution in [0.5, 0.6) is 0 Å². The monoisotopic (exact) mass is 262 g/mol. The minimum absolute atomic E-state index is 0.112. The van der Waals surface area contributed by atoms with Crippen LogP contribution in [0.3, 0.4) is 0 Å². The predicted octanol–water partition coefficient (Wildman–Crippen LogP) is 3.49. The molecule has 92 valence electrons. The third kappa shape index (κ3) is 2.60. The summed E-state index contributed by atoms with van der Waals surface area (Å²) in [5.74, 6) is -1.03. The first-order valence-electron chi connectivity index (χ1n) is 5.29. The standard InChI is InChI=1S/C13H11ClN2O2/c1-8-6-12(9(7-15-8)13(17)18)16-11-5-3-2-4-10(11)14/h2-7H,1H3,(H,15,16)(H,17,18). The van der Waals surface area contributed by atoms with Crippen molar-refractivity contribution < 1.29 is 9.90 Å². The van der Waals surface area contributed by atoms with E-state index in [-0.39, 0.29) is 5.56 Å². The molecule has 2 aromatic rings. The number of halogens is 1. The summed E-state index contributed by atoms with van der Waals surface area (Å²) >= 11 is 6.02. The van der Waals surface area contributed by atoms with Gasteiger partial charge in [-0.25, -0.2) is 4.79 Å². The van der Waals surface area contributed by atoms with Crippen LogP contribution in [0, 0.1) is 6.92 Å². The SMILES string of the molecule is Cc1cc(Nc2ccccc2Cl)c(C(=O)O)cn1. The Morgan fingerprint density at radius 1 is 1.33 bits per heavy atom. The molecular formula is C13H11ClN2O2. The third-order valence-corrected chi connectivity index (χ3v) is 2.74. The van der Waals surface area contributed by atoms with Gasteiger partial charge in [-0.2, -0.15) is 0 Å². The van der Waals surface area contributed by atoms with Crippen molar-refractivity contribution in [3.8, 4) is 0 Å². The van der Waals surface area contributed by atoms with Gasteiger partial charge in [0.2, 0.25) is 0 Å². The normalized spacial score (nSPS) is 10.1. The van der Waals surface area contributed by atoms with Crippen LogP contribution in [0.4, 0.5) is 11.4 Å². The van der Waals surface area contributed by atoms with Crippen LogP contribution in [0.1, 0.15) is 16.1 Å². The maximum Gasteiger partial charge on any atom is 0.339 e. The van der Waals surface area contributed by atoms with Crippen LogP contribution < -0.4 is 5.32 Å². The summed E-state index contributed by atoms with van der Waals surface area (Å²) in [7, 11) is 0. The van der Waals surface area contributed by atoms with Crippen molar-refractivity contribution in [3.63, 3.8) is 0 Å². The molecular weight excluding hydrogens is 252 g/mol. The van der Waals surface area contributed by atoms with Crippen molar-refractivity contribution in [1.82, 2.24) is 4.98 Å². The summed E-state index contributed by atoms with van der Waals surface area (Å²) < 4.78 is 0. The van der Waals surface area contributed by atoms with Gasteiger partial charge in [-0.15, -0.1) is 0 Å². The van der Waals surface area contributed by atoms with E-state index in [0.717, 1.165) is 5.69 Å². The van der Waals surface area contributed by atoms with Crippen molar-refractivity contribution in [2.75, 3.05) is 5.32 Å². The Bertz CT molecular complexity index is 599. The smallest absolute Gasteiger partial charge is 0.339 e. The number of carboxylic acid groups (broad SMARTS) is 1. The lowest BCUT2D eigenvalue weighted by atomic mass is 10.2. The number of anilines is 2. The van der Waals surface area contributed by atoms with E-state index in [9.17, 15) is 4.79 Å². The summed E-state index contributed by atoms with van der Waals surface area (Å²) in [4.78, 5) is 15.1. The van der Waals surface area contributed by atoms with Crippen LogP contribution in [-0.4, -0.2) is 16.1 Å². The molecule has 0 saturated carbocycles. The number of benzene rings is 1. The Morgan fingerprint density at radius 2 is 2.06 bits per heavy atom. The van der Waals surface area contributed by atoms with Crippen LogP contribution >= 0.6 is 11.6 Å². The molecule has 0 aliphatic heterocycles. The quantitative estimate of drug-likeness (QED) is 0.889. The number of pyridine rings is 1. The van der Waals surface area contributed by atoms with Crippen LogP contribution in [-0.2, 0) is 0 Å². The fraction of sp³-hybridized carbons (Fsp3) is 0.0769. The van der Waals surface area contributed by atoms with E-state index in [0.29, 0.717) is 16.4 Å². The number of aromatic nitrogens is 1. The van der Waals surface area contributed by atoms with Crippen molar-refractivity contribution in [3.05, 3.63) is 52.8 Å². The van der Waals surface area contributed by atoms with E-state index in [2.05, 4.69) is 10.3 Å². The number of carboxylic acids is 1. The molecule has 1 aromatic carbocycles. The Labute approximate surface area is 109 Å². The lowest BCUT2D eigenvalue weighted by Gasteiger charge is -2.11. The number of carbonyl (C=O) groups is 1. The van der Waals surface area contributed by atoms with Gasteiger partial charge >= 0.3 is 5.97 Å². The largest absolute Gasteiger partial charge is 0.478 e. The van der Waals surface area contributed by atoms with Gasteiger partial charge in [0.1, 0.15) is 5.56 Å². The molecule has 0 atom stereocenters. The van der Waals surface area contributed by atoms with Crippen molar-refractivity contribution >= 4 is 28.9 Å². The molecule has 0 radical (unpaired) electrons. The van der Waals surface area contributed by atoms with E-state index >= 15 is 0 Å². The summed E-state index contributed by atoms with van der Waals surface area (Å²) in [5, 5.41) is 12.6. The lowest BCUT2D eigenvalue weighted by Crippen LogP contribution is -2.04. The van der Waals surface area contributed by atoms with Gasteiger partial charge in [0.25, 0.3) is 0 Å². The van der Waals surface area contributed by atoms with Crippen molar-refractivity contribution in [2.45, 2.75) is 6.92 Å². The number of nitrogens with one attached hydrogen (secondary N) is 1. The third-order valence-electron chi connectivity index (χ3n) is 2.41. The zero-order chi connectivity index (χ0) is 13.1. The second kappa shape index (κ2) is 5.06. The molecule has 2 rings (SSSR count). The highest BCUT2D eigenvalue weighted by molar-refractivity contribution is 6.33. The minimum atomic E-state index is -1.03. The molecule has 0 fully saturated rings. The number of aromatic carboxylic acids is 1. The molecule has 0 aliphatic carbocycles. The van der Waals surface area contributed by atoms with Crippen molar-refractivity contribution in [2.24, 2.45) is 0 Å². The highest BCUT2D eigenvalue weighted by atomic mass is 35.5. The summed E-state index contributed by atoms with van der Waals surface area (Å²) in [5.41, 5.74) is 1.98. The van der Waals surface area contributed by atoms with Crippen LogP contribution in [0.15, 0.2) is 36.5 Å². The number of rotatable bonds is 3. The van der Waals surface area contributed by atoms with Gasteiger partial charge in [0.15, 0.2) is 0 Å². The zero-order valence-corrected chi connectivity index (χ0v) is 10.4. The topological polar surface area (TPSA) is 62.2 Å². The van der Waals surface area contributed by atoms with Gasteiger partial charge < -0.3 is 10.4 Å². The highest BCUT2D eigenvalue weighted by Crippen LogP contribution is 2.27. The first-order chi connectivity index (χ1) is 8.58. The molecule has 0 amide bonds. The molecule has 5 heteroatoms.